The van der Waals surface area contributed by atoms with Crippen LogP contribution >= 0.6 is 0 Å². The Balaban J connectivity index is 2.73. The molecule has 0 bridgehead atoms. The Kier molecular flexibility index (Phi) is 2.25. The average molecular weight is 191 g/mol. The van der Waals surface area contributed by atoms with Crippen LogP contribution in [-0.4, -0.2) is 34.5 Å². The lowest BCUT2D eigenvalue weighted by atomic mass is 9.99. The molecule has 0 aliphatic carbocycles. The largest absolute Gasteiger partial charge is 0.482 e. The molecule has 0 aromatic rings. The van der Waals surface area contributed by atoms with Crippen molar-refractivity contribution in [3.8, 4) is 0 Å². The van der Waals surface area contributed by atoms with Crippen molar-refractivity contribution >= 4 is 0 Å². The van der Waals surface area contributed by atoms with Gasteiger partial charge in [-0.15, -0.1) is 0 Å². The van der Waals surface area contributed by atoms with E-state index >= 15 is 0 Å². The number of hydrogen-bond donors (Lipinski definition) is 1. The maximum absolute atomic E-state index is 13.4. The van der Waals surface area contributed by atoms with Crippen LogP contribution in [0.3, 0.4) is 0 Å². The normalized spacial score (nSPS) is 38.8. The molecule has 0 amide bonds. The minimum Gasteiger partial charge on any atom is -0.482 e. The standard InChI is InChI=1S/C7H10FNO4/c1-4-7(2,8)6(10)5(13-4)3-9(11)12/h5-6,10H,1,3H2,2H3/t5-,6+,7-/m0/s1. The van der Waals surface area contributed by atoms with Crippen molar-refractivity contribution in [1.82, 2.24) is 0 Å². The van der Waals surface area contributed by atoms with Gasteiger partial charge < -0.3 is 9.84 Å². The monoisotopic (exact) mass is 191 g/mol. The molecule has 0 aromatic heterocycles. The van der Waals surface area contributed by atoms with Gasteiger partial charge in [0.1, 0.15) is 11.9 Å². The van der Waals surface area contributed by atoms with Gasteiger partial charge in [0.25, 0.3) is 0 Å². The molecule has 1 rings (SSSR count). The summed E-state index contributed by atoms with van der Waals surface area (Å²) >= 11 is 0. The van der Waals surface area contributed by atoms with Crippen molar-refractivity contribution < 1.29 is 19.2 Å². The van der Waals surface area contributed by atoms with E-state index in [0.29, 0.717) is 0 Å². The minimum absolute atomic E-state index is 0.258. The van der Waals surface area contributed by atoms with Gasteiger partial charge in [-0.05, 0) is 6.92 Å². The van der Waals surface area contributed by atoms with E-state index in [4.69, 9.17) is 4.74 Å². The van der Waals surface area contributed by atoms with E-state index in [2.05, 4.69) is 6.58 Å². The van der Waals surface area contributed by atoms with Crippen molar-refractivity contribution in [2.45, 2.75) is 24.8 Å². The van der Waals surface area contributed by atoms with Gasteiger partial charge in [0.15, 0.2) is 11.8 Å². The smallest absolute Gasteiger partial charge is 0.242 e. The van der Waals surface area contributed by atoms with Crippen LogP contribution in [-0.2, 0) is 4.74 Å². The third-order valence-corrected chi connectivity index (χ3v) is 2.08. The Labute approximate surface area is 74.0 Å². The topological polar surface area (TPSA) is 72.6 Å². The molecule has 1 N–H and O–H groups in total. The molecule has 0 unspecified atom stereocenters. The molecule has 1 heterocycles. The summed E-state index contributed by atoms with van der Waals surface area (Å²) < 4.78 is 18.1. The van der Waals surface area contributed by atoms with Crippen molar-refractivity contribution in [2.24, 2.45) is 0 Å². The Morgan fingerprint density at radius 3 is 2.77 bits per heavy atom. The Morgan fingerprint density at radius 2 is 2.46 bits per heavy atom. The van der Waals surface area contributed by atoms with E-state index in [9.17, 15) is 19.6 Å². The van der Waals surface area contributed by atoms with E-state index in [1.165, 1.54) is 0 Å². The summed E-state index contributed by atoms with van der Waals surface area (Å²) in [5, 5.41) is 19.4. The highest BCUT2D eigenvalue weighted by molar-refractivity contribution is 5.15. The molecule has 6 heteroatoms. The molecule has 74 valence electrons. The lowest BCUT2D eigenvalue weighted by Crippen LogP contribution is -2.39. The van der Waals surface area contributed by atoms with Gasteiger partial charge >= 0.3 is 0 Å². The quantitative estimate of drug-likeness (QED) is 0.502. The Morgan fingerprint density at radius 1 is 1.92 bits per heavy atom. The van der Waals surface area contributed by atoms with E-state index in [1.54, 1.807) is 0 Å². The summed E-state index contributed by atoms with van der Waals surface area (Å²) in [6.07, 6.45) is -2.66. The second-order valence-corrected chi connectivity index (χ2v) is 3.12. The molecular weight excluding hydrogens is 181 g/mol. The molecule has 13 heavy (non-hydrogen) atoms. The fourth-order valence-electron chi connectivity index (χ4n) is 1.16. The Hall–Kier alpha value is -1.17. The van der Waals surface area contributed by atoms with E-state index in [0.717, 1.165) is 6.92 Å². The van der Waals surface area contributed by atoms with Crippen LogP contribution in [0.25, 0.3) is 0 Å². The van der Waals surface area contributed by atoms with Crippen molar-refractivity contribution in [1.29, 1.82) is 0 Å². The number of halogens is 1. The van der Waals surface area contributed by atoms with Gasteiger partial charge in [0.2, 0.25) is 6.54 Å². The predicted molar refractivity (Wildman–Crippen MR) is 41.4 cm³/mol. The molecule has 1 fully saturated rings. The first-order valence-electron chi connectivity index (χ1n) is 3.70. The molecular formula is C7H10FNO4. The highest BCUT2D eigenvalue weighted by atomic mass is 19.1. The van der Waals surface area contributed by atoms with Crippen molar-refractivity contribution in [3.05, 3.63) is 22.5 Å². The first kappa shape index (κ1) is 9.91. The van der Waals surface area contributed by atoms with Gasteiger partial charge in [-0.1, -0.05) is 6.58 Å². The third-order valence-electron chi connectivity index (χ3n) is 2.08. The summed E-state index contributed by atoms with van der Waals surface area (Å²) in [5.41, 5.74) is -2.10. The van der Waals surface area contributed by atoms with E-state index < -0.39 is 29.3 Å². The third kappa shape index (κ3) is 1.62. The number of aliphatic hydroxyl groups is 1. The minimum atomic E-state index is -2.10. The van der Waals surface area contributed by atoms with Crippen LogP contribution in [0.1, 0.15) is 6.92 Å². The molecule has 0 spiro atoms. The molecule has 1 aliphatic heterocycles. The first-order valence-corrected chi connectivity index (χ1v) is 3.70. The predicted octanol–water partition coefficient (Wildman–Crippen LogP) is 0.265. The highest BCUT2D eigenvalue weighted by Gasteiger charge is 2.52. The highest BCUT2D eigenvalue weighted by Crippen LogP contribution is 2.36. The lowest BCUT2D eigenvalue weighted by molar-refractivity contribution is -0.491. The van der Waals surface area contributed by atoms with E-state index in [-0.39, 0.29) is 5.76 Å². The molecule has 0 saturated carbocycles. The van der Waals surface area contributed by atoms with Crippen LogP contribution in [0.2, 0.25) is 0 Å². The zero-order chi connectivity index (χ0) is 10.2. The number of alkyl halides is 1. The number of nitrogens with zero attached hydrogens (tertiary/aromatic N) is 1. The summed E-state index contributed by atoms with van der Waals surface area (Å²) in [4.78, 5) is 9.42. The number of ether oxygens (including phenoxy) is 1. The van der Waals surface area contributed by atoms with Crippen LogP contribution in [0.15, 0.2) is 12.3 Å². The summed E-state index contributed by atoms with van der Waals surface area (Å²) in [5.74, 6) is -0.258. The second-order valence-electron chi connectivity index (χ2n) is 3.12. The van der Waals surface area contributed by atoms with Gasteiger partial charge in [-0.25, -0.2) is 4.39 Å². The number of nitro groups is 1. The Bertz CT molecular complexity index is 253. The van der Waals surface area contributed by atoms with Gasteiger partial charge in [0, 0.05) is 4.92 Å². The number of rotatable bonds is 2. The molecule has 3 atom stereocenters. The lowest BCUT2D eigenvalue weighted by Gasteiger charge is -2.15. The molecule has 0 aromatic carbocycles. The van der Waals surface area contributed by atoms with Crippen LogP contribution in [0.5, 0.6) is 0 Å². The number of hydrogen-bond acceptors (Lipinski definition) is 4. The van der Waals surface area contributed by atoms with Gasteiger partial charge in [0.05, 0.1) is 0 Å². The summed E-state index contributed by atoms with van der Waals surface area (Å²) in [7, 11) is 0. The summed E-state index contributed by atoms with van der Waals surface area (Å²) in [6, 6.07) is 0. The van der Waals surface area contributed by atoms with Gasteiger partial charge in [-0.3, -0.25) is 10.1 Å². The van der Waals surface area contributed by atoms with Crippen LogP contribution in [0.4, 0.5) is 4.39 Å². The fraction of sp³-hybridized carbons (Fsp3) is 0.714. The fourth-order valence-corrected chi connectivity index (χ4v) is 1.16. The zero-order valence-electron chi connectivity index (χ0n) is 7.07. The zero-order valence-corrected chi connectivity index (χ0v) is 7.07. The number of aliphatic hydroxyl groups excluding tert-OH is 1. The van der Waals surface area contributed by atoms with Crippen LogP contribution < -0.4 is 0 Å². The average Bonchev–Trinajstić information content (AvgIpc) is 2.15. The molecule has 0 radical (unpaired) electrons. The summed E-state index contributed by atoms with van der Waals surface area (Å²) in [6.45, 7) is 3.69. The van der Waals surface area contributed by atoms with Crippen LogP contribution in [0, 0.1) is 10.1 Å². The van der Waals surface area contributed by atoms with Gasteiger partial charge in [-0.2, -0.15) is 0 Å². The molecule has 1 aliphatic rings. The SMILES string of the molecule is C=C1O[C@@H](C[N+](=O)[O-])[C@@H](O)[C@@]1(C)F. The molecule has 1 saturated heterocycles. The maximum atomic E-state index is 13.4. The van der Waals surface area contributed by atoms with E-state index in [1.807, 2.05) is 0 Å². The molecule has 5 nitrogen and oxygen atoms in total. The second kappa shape index (κ2) is 2.95. The van der Waals surface area contributed by atoms with Crippen molar-refractivity contribution in [2.75, 3.05) is 6.54 Å². The first-order chi connectivity index (χ1) is 5.85. The van der Waals surface area contributed by atoms with Crippen molar-refractivity contribution in [3.63, 3.8) is 0 Å². The maximum Gasteiger partial charge on any atom is 0.242 e.